The Hall–Kier alpha value is -1.33. The van der Waals surface area contributed by atoms with Crippen molar-refractivity contribution >= 4 is 18.3 Å². The Morgan fingerprint density at radius 1 is 1.58 bits per heavy atom. The number of nitrogens with two attached hydrogens (primary N) is 1. The summed E-state index contributed by atoms with van der Waals surface area (Å²) in [5, 5.41) is 2.83. The second-order valence-corrected chi connectivity index (χ2v) is 4.52. The molecule has 1 aliphatic heterocycles. The number of halogens is 2. The standard InChI is InChI=1S/C13H17FN2O2.ClH/c1-8(15)13(17)16-11-3-2-6-18-12-5-4-9(14)7-10(11)12;/h4-5,7-8,11H,2-3,6,15H2,1H3,(H,16,17);1H/t8-,11?;/m1./s1. The summed E-state index contributed by atoms with van der Waals surface area (Å²) in [6.45, 7) is 2.19. The molecule has 1 heterocycles. The first kappa shape index (κ1) is 15.7. The average Bonchev–Trinajstić information content (AvgIpc) is 2.52. The number of rotatable bonds is 2. The predicted octanol–water partition coefficient (Wildman–Crippen LogP) is 1.92. The van der Waals surface area contributed by atoms with Gasteiger partial charge in [-0.05, 0) is 38.0 Å². The van der Waals surface area contributed by atoms with E-state index >= 15 is 0 Å². The van der Waals surface area contributed by atoms with E-state index in [4.69, 9.17) is 10.5 Å². The van der Waals surface area contributed by atoms with Crippen molar-refractivity contribution in [3.8, 4) is 5.75 Å². The van der Waals surface area contributed by atoms with Gasteiger partial charge in [0.15, 0.2) is 0 Å². The molecule has 1 unspecified atom stereocenters. The van der Waals surface area contributed by atoms with Crippen LogP contribution >= 0.6 is 12.4 Å². The zero-order valence-electron chi connectivity index (χ0n) is 10.7. The molecule has 1 aromatic rings. The highest BCUT2D eigenvalue weighted by molar-refractivity contribution is 5.85. The van der Waals surface area contributed by atoms with Gasteiger partial charge in [-0.15, -0.1) is 12.4 Å². The van der Waals surface area contributed by atoms with Crippen LogP contribution in [-0.2, 0) is 4.79 Å². The van der Waals surface area contributed by atoms with Crippen molar-refractivity contribution in [2.75, 3.05) is 6.61 Å². The third-order valence-electron chi connectivity index (χ3n) is 2.97. The molecular weight excluding hydrogens is 271 g/mol. The largest absolute Gasteiger partial charge is 0.493 e. The van der Waals surface area contributed by atoms with E-state index in [0.717, 1.165) is 12.8 Å². The lowest BCUT2D eigenvalue weighted by molar-refractivity contribution is -0.122. The van der Waals surface area contributed by atoms with Gasteiger partial charge in [0.25, 0.3) is 0 Å². The van der Waals surface area contributed by atoms with Gasteiger partial charge in [0.2, 0.25) is 5.91 Å². The minimum Gasteiger partial charge on any atom is -0.493 e. The lowest BCUT2D eigenvalue weighted by Crippen LogP contribution is -2.40. The summed E-state index contributed by atoms with van der Waals surface area (Å²) in [6.07, 6.45) is 1.52. The van der Waals surface area contributed by atoms with Crippen LogP contribution in [0.2, 0.25) is 0 Å². The maximum atomic E-state index is 13.3. The molecule has 0 saturated carbocycles. The van der Waals surface area contributed by atoms with Crippen molar-refractivity contribution in [1.82, 2.24) is 5.32 Å². The Morgan fingerprint density at radius 3 is 3.00 bits per heavy atom. The summed E-state index contributed by atoms with van der Waals surface area (Å²) in [4.78, 5) is 11.6. The fourth-order valence-corrected chi connectivity index (χ4v) is 2.00. The maximum Gasteiger partial charge on any atom is 0.237 e. The third kappa shape index (κ3) is 3.81. The lowest BCUT2D eigenvalue weighted by atomic mass is 10.0. The van der Waals surface area contributed by atoms with Crippen LogP contribution in [0.5, 0.6) is 5.75 Å². The van der Waals surface area contributed by atoms with Gasteiger partial charge in [0.05, 0.1) is 18.7 Å². The number of hydrogen-bond acceptors (Lipinski definition) is 3. The predicted molar refractivity (Wildman–Crippen MR) is 72.9 cm³/mol. The van der Waals surface area contributed by atoms with E-state index in [1.165, 1.54) is 12.1 Å². The average molecular weight is 289 g/mol. The topological polar surface area (TPSA) is 64.4 Å². The van der Waals surface area contributed by atoms with Crippen LogP contribution in [0, 0.1) is 5.82 Å². The third-order valence-corrected chi connectivity index (χ3v) is 2.97. The highest BCUT2D eigenvalue weighted by atomic mass is 35.5. The Bertz CT molecular complexity index is 454. The molecule has 1 aliphatic rings. The molecule has 1 aromatic carbocycles. The van der Waals surface area contributed by atoms with Gasteiger partial charge < -0.3 is 15.8 Å². The van der Waals surface area contributed by atoms with Crippen LogP contribution in [0.15, 0.2) is 18.2 Å². The second-order valence-electron chi connectivity index (χ2n) is 4.52. The number of carbonyl (C=O) groups excluding carboxylic acids is 1. The second kappa shape index (κ2) is 6.73. The van der Waals surface area contributed by atoms with E-state index < -0.39 is 6.04 Å². The number of benzene rings is 1. The molecule has 2 atom stereocenters. The van der Waals surface area contributed by atoms with Crippen molar-refractivity contribution in [2.45, 2.75) is 31.8 Å². The first-order valence-corrected chi connectivity index (χ1v) is 6.06. The molecule has 6 heteroatoms. The highest BCUT2D eigenvalue weighted by Gasteiger charge is 2.23. The first-order valence-electron chi connectivity index (χ1n) is 6.06. The molecule has 106 valence electrons. The number of hydrogen-bond donors (Lipinski definition) is 2. The van der Waals surface area contributed by atoms with Gasteiger partial charge in [-0.25, -0.2) is 4.39 Å². The normalized spacial score (nSPS) is 19.2. The zero-order chi connectivity index (χ0) is 13.1. The number of fused-ring (bicyclic) bond motifs is 1. The lowest BCUT2D eigenvalue weighted by Gasteiger charge is -2.19. The summed E-state index contributed by atoms with van der Waals surface area (Å²) < 4.78 is 18.8. The highest BCUT2D eigenvalue weighted by Crippen LogP contribution is 2.31. The molecule has 4 nitrogen and oxygen atoms in total. The van der Waals surface area contributed by atoms with Crippen LogP contribution in [0.25, 0.3) is 0 Å². The Kier molecular flexibility index (Phi) is 5.57. The Balaban J connectivity index is 0.00000180. The molecule has 0 bridgehead atoms. The molecule has 0 fully saturated rings. The number of carbonyl (C=O) groups is 1. The van der Waals surface area contributed by atoms with Gasteiger partial charge in [0.1, 0.15) is 11.6 Å². The summed E-state index contributed by atoms with van der Waals surface area (Å²) >= 11 is 0. The van der Waals surface area contributed by atoms with Crippen molar-refractivity contribution in [3.05, 3.63) is 29.6 Å². The maximum absolute atomic E-state index is 13.3. The van der Waals surface area contributed by atoms with Crippen LogP contribution < -0.4 is 15.8 Å². The van der Waals surface area contributed by atoms with Gasteiger partial charge in [-0.3, -0.25) is 4.79 Å². The zero-order valence-corrected chi connectivity index (χ0v) is 11.5. The minimum atomic E-state index is -0.578. The van der Waals surface area contributed by atoms with Crippen molar-refractivity contribution in [1.29, 1.82) is 0 Å². The minimum absolute atomic E-state index is 0. The molecule has 19 heavy (non-hydrogen) atoms. The van der Waals surface area contributed by atoms with E-state index in [0.29, 0.717) is 17.9 Å². The van der Waals surface area contributed by atoms with Crippen molar-refractivity contribution in [3.63, 3.8) is 0 Å². The van der Waals surface area contributed by atoms with Crippen LogP contribution in [0.4, 0.5) is 4.39 Å². The van der Waals surface area contributed by atoms with Gasteiger partial charge >= 0.3 is 0 Å². The van der Waals surface area contributed by atoms with E-state index in [9.17, 15) is 9.18 Å². The van der Waals surface area contributed by atoms with Crippen LogP contribution in [-0.4, -0.2) is 18.6 Å². The Labute approximate surface area is 117 Å². The summed E-state index contributed by atoms with van der Waals surface area (Å²) in [5.74, 6) is 0.0558. The molecule has 3 N–H and O–H groups in total. The quantitative estimate of drug-likeness (QED) is 0.874. The van der Waals surface area contributed by atoms with E-state index in [1.807, 2.05) is 0 Å². The molecular formula is C13H18ClFN2O2. The summed E-state index contributed by atoms with van der Waals surface area (Å²) in [6, 6.07) is 3.55. The smallest absolute Gasteiger partial charge is 0.237 e. The van der Waals surface area contributed by atoms with E-state index in [2.05, 4.69) is 5.32 Å². The van der Waals surface area contributed by atoms with E-state index in [1.54, 1.807) is 13.0 Å². The van der Waals surface area contributed by atoms with Crippen molar-refractivity contribution < 1.29 is 13.9 Å². The van der Waals surface area contributed by atoms with Crippen molar-refractivity contribution in [2.24, 2.45) is 5.73 Å². The Morgan fingerprint density at radius 2 is 2.32 bits per heavy atom. The fourth-order valence-electron chi connectivity index (χ4n) is 2.00. The van der Waals surface area contributed by atoms with Gasteiger partial charge in [-0.1, -0.05) is 0 Å². The first-order chi connectivity index (χ1) is 8.58. The van der Waals surface area contributed by atoms with Crippen LogP contribution in [0.3, 0.4) is 0 Å². The van der Waals surface area contributed by atoms with Gasteiger partial charge in [-0.2, -0.15) is 0 Å². The van der Waals surface area contributed by atoms with Crippen LogP contribution in [0.1, 0.15) is 31.4 Å². The molecule has 2 rings (SSSR count). The molecule has 0 aliphatic carbocycles. The molecule has 0 spiro atoms. The number of amides is 1. The van der Waals surface area contributed by atoms with Gasteiger partial charge in [0, 0.05) is 5.56 Å². The SMILES string of the molecule is C[C@@H](N)C(=O)NC1CCCOc2ccc(F)cc21.Cl. The molecule has 0 radical (unpaired) electrons. The molecule has 1 amide bonds. The molecule has 0 saturated heterocycles. The number of nitrogens with one attached hydrogen (secondary N) is 1. The monoisotopic (exact) mass is 288 g/mol. The summed E-state index contributed by atoms with van der Waals surface area (Å²) in [7, 11) is 0. The number of ether oxygens (including phenoxy) is 1. The molecule has 0 aromatic heterocycles. The summed E-state index contributed by atoms with van der Waals surface area (Å²) in [5.41, 5.74) is 6.21. The van der Waals surface area contributed by atoms with E-state index in [-0.39, 0.29) is 30.2 Å². The fraction of sp³-hybridized carbons (Fsp3) is 0.462.